The van der Waals surface area contributed by atoms with Crippen molar-refractivity contribution >= 4 is 12.1 Å². The molecule has 0 aliphatic heterocycles. The molecule has 6 nitrogen and oxygen atoms in total. The van der Waals surface area contributed by atoms with Gasteiger partial charge >= 0.3 is 6.09 Å². The van der Waals surface area contributed by atoms with Crippen molar-refractivity contribution in [3.63, 3.8) is 0 Å². The van der Waals surface area contributed by atoms with E-state index >= 15 is 0 Å². The fourth-order valence-electron chi connectivity index (χ4n) is 1.91. The van der Waals surface area contributed by atoms with Crippen molar-refractivity contribution in [1.82, 2.24) is 16.0 Å². The maximum absolute atomic E-state index is 11.5. The van der Waals surface area contributed by atoms with Crippen LogP contribution in [0.4, 0.5) is 4.79 Å². The summed E-state index contributed by atoms with van der Waals surface area (Å²) in [5, 5.41) is 9.22. The van der Waals surface area contributed by atoms with Gasteiger partial charge in [0.15, 0.2) is 5.96 Å². The first kappa shape index (κ1) is 19.8. The summed E-state index contributed by atoms with van der Waals surface area (Å²) in [7, 11) is 1.74. The zero-order chi connectivity index (χ0) is 18.0. The van der Waals surface area contributed by atoms with Crippen LogP contribution < -0.4 is 16.0 Å². The van der Waals surface area contributed by atoms with Gasteiger partial charge in [-0.1, -0.05) is 29.8 Å². The predicted molar refractivity (Wildman–Crippen MR) is 98.2 cm³/mol. The van der Waals surface area contributed by atoms with E-state index in [4.69, 9.17) is 4.74 Å². The number of guanidine groups is 1. The van der Waals surface area contributed by atoms with Gasteiger partial charge in [-0.05, 0) is 39.7 Å². The smallest absolute Gasteiger partial charge is 0.407 e. The molecule has 24 heavy (non-hydrogen) atoms. The highest BCUT2D eigenvalue weighted by Gasteiger charge is 2.15. The largest absolute Gasteiger partial charge is 0.444 e. The average molecular weight is 334 g/mol. The first-order valence-electron chi connectivity index (χ1n) is 8.27. The minimum Gasteiger partial charge on any atom is -0.444 e. The molecule has 0 fully saturated rings. The van der Waals surface area contributed by atoms with Crippen molar-refractivity contribution < 1.29 is 9.53 Å². The van der Waals surface area contributed by atoms with E-state index in [1.807, 2.05) is 20.8 Å². The summed E-state index contributed by atoms with van der Waals surface area (Å²) in [4.78, 5) is 15.7. The maximum atomic E-state index is 11.5. The highest BCUT2D eigenvalue weighted by Crippen LogP contribution is 2.06. The van der Waals surface area contributed by atoms with Crippen LogP contribution in [0.3, 0.4) is 0 Å². The number of carbonyl (C=O) groups excluding carboxylic acids is 1. The molecule has 3 N–H and O–H groups in total. The Morgan fingerprint density at radius 2 is 1.71 bits per heavy atom. The Hall–Kier alpha value is -2.24. The molecule has 0 aliphatic carbocycles. The van der Waals surface area contributed by atoms with Gasteiger partial charge in [0.25, 0.3) is 0 Å². The van der Waals surface area contributed by atoms with Crippen molar-refractivity contribution in [1.29, 1.82) is 0 Å². The average Bonchev–Trinajstić information content (AvgIpc) is 2.50. The van der Waals surface area contributed by atoms with Crippen LogP contribution in [0.15, 0.2) is 29.3 Å². The number of rotatable bonds is 6. The molecule has 1 aromatic carbocycles. The molecule has 0 bridgehead atoms. The monoisotopic (exact) mass is 334 g/mol. The lowest BCUT2D eigenvalue weighted by Crippen LogP contribution is -2.39. The van der Waals surface area contributed by atoms with Crippen LogP contribution in [0.5, 0.6) is 0 Å². The molecule has 0 heterocycles. The Kier molecular flexibility index (Phi) is 8.09. The number of alkyl carbamates (subject to hydrolysis) is 1. The van der Waals surface area contributed by atoms with Gasteiger partial charge in [-0.25, -0.2) is 4.79 Å². The van der Waals surface area contributed by atoms with E-state index < -0.39 is 5.60 Å². The van der Waals surface area contributed by atoms with E-state index in [-0.39, 0.29) is 6.09 Å². The van der Waals surface area contributed by atoms with Crippen LogP contribution in [0.2, 0.25) is 0 Å². The zero-order valence-electron chi connectivity index (χ0n) is 15.4. The summed E-state index contributed by atoms with van der Waals surface area (Å²) in [5.41, 5.74) is 1.98. The Bertz CT molecular complexity index is 533. The molecule has 1 rings (SSSR count). The lowest BCUT2D eigenvalue weighted by Gasteiger charge is -2.19. The van der Waals surface area contributed by atoms with Crippen molar-refractivity contribution in [2.75, 3.05) is 20.1 Å². The Labute approximate surface area is 145 Å². The fourth-order valence-corrected chi connectivity index (χ4v) is 1.91. The normalized spacial score (nSPS) is 11.8. The lowest BCUT2D eigenvalue weighted by molar-refractivity contribution is 0.0527. The van der Waals surface area contributed by atoms with E-state index in [2.05, 4.69) is 52.1 Å². The number of benzene rings is 1. The fraction of sp³-hybridized carbons (Fsp3) is 0.556. The maximum Gasteiger partial charge on any atom is 0.407 e. The van der Waals surface area contributed by atoms with Crippen LogP contribution in [-0.4, -0.2) is 37.8 Å². The minimum absolute atomic E-state index is 0.385. The van der Waals surface area contributed by atoms with E-state index in [0.717, 1.165) is 18.9 Å². The summed E-state index contributed by atoms with van der Waals surface area (Å²) in [6.45, 7) is 9.59. The second kappa shape index (κ2) is 9.80. The summed E-state index contributed by atoms with van der Waals surface area (Å²) in [6.07, 6.45) is 0.397. The molecule has 134 valence electrons. The molecule has 0 aliphatic rings. The van der Waals surface area contributed by atoms with Gasteiger partial charge < -0.3 is 20.7 Å². The Morgan fingerprint density at radius 1 is 1.08 bits per heavy atom. The summed E-state index contributed by atoms with van der Waals surface area (Å²) < 4.78 is 5.18. The lowest BCUT2D eigenvalue weighted by atomic mass is 10.1. The van der Waals surface area contributed by atoms with Gasteiger partial charge in [-0.15, -0.1) is 0 Å². The van der Waals surface area contributed by atoms with Crippen molar-refractivity contribution in [3.8, 4) is 0 Å². The van der Waals surface area contributed by atoms with Crippen molar-refractivity contribution in [3.05, 3.63) is 35.4 Å². The van der Waals surface area contributed by atoms with Gasteiger partial charge in [0.2, 0.25) is 0 Å². The molecule has 6 heteroatoms. The Morgan fingerprint density at radius 3 is 2.29 bits per heavy atom. The van der Waals surface area contributed by atoms with Crippen LogP contribution in [-0.2, 0) is 11.3 Å². The standard InChI is InChI=1S/C18H30N4O2/c1-14-7-9-15(10-8-14)13-22-16(19-5)20-11-6-12-21-17(23)24-18(2,3)4/h7-10H,6,11-13H2,1-5H3,(H,21,23)(H2,19,20,22). The van der Waals surface area contributed by atoms with E-state index in [1.54, 1.807) is 7.05 Å². The van der Waals surface area contributed by atoms with Crippen molar-refractivity contribution in [2.24, 2.45) is 4.99 Å². The molecular formula is C18H30N4O2. The van der Waals surface area contributed by atoms with Crippen molar-refractivity contribution in [2.45, 2.75) is 46.3 Å². The molecule has 0 spiro atoms. The van der Waals surface area contributed by atoms with Gasteiger partial charge in [-0.2, -0.15) is 0 Å². The Balaban J connectivity index is 2.18. The summed E-state index contributed by atoms with van der Waals surface area (Å²) in [5.74, 6) is 0.743. The first-order chi connectivity index (χ1) is 11.3. The van der Waals surface area contributed by atoms with E-state index in [0.29, 0.717) is 13.1 Å². The third-order valence-electron chi connectivity index (χ3n) is 3.12. The molecule has 0 saturated carbocycles. The number of hydrogen-bond donors (Lipinski definition) is 3. The number of carbonyl (C=O) groups is 1. The van der Waals surface area contributed by atoms with Gasteiger partial charge in [0, 0.05) is 26.7 Å². The molecule has 1 amide bonds. The van der Waals surface area contributed by atoms with Crippen LogP contribution in [0.1, 0.15) is 38.3 Å². The van der Waals surface area contributed by atoms with Gasteiger partial charge in [0.05, 0.1) is 0 Å². The first-order valence-corrected chi connectivity index (χ1v) is 8.27. The topological polar surface area (TPSA) is 74.8 Å². The highest BCUT2D eigenvalue weighted by molar-refractivity contribution is 5.79. The number of amides is 1. The summed E-state index contributed by atoms with van der Waals surface area (Å²) >= 11 is 0. The molecule has 0 saturated heterocycles. The molecular weight excluding hydrogens is 304 g/mol. The third-order valence-corrected chi connectivity index (χ3v) is 3.12. The van der Waals surface area contributed by atoms with E-state index in [1.165, 1.54) is 11.1 Å². The quantitative estimate of drug-likeness (QED) is 0.425. The molecule has 1 aromatic rings. The number of aryl methyl sites for hydroxylation is 1. The summed E-state index contributed by atoms with van der Waals surface area (Å²) in [6, 6.07) is 8.38. The number of aliphatic imine (C=N–C) groups is 1. The zero-order valence-corrected chi connectivity index (χ0v) is 15.4. The number of nitrogens with one attached hydrogen (secondary N) is 3. The second-order valence-corrected chi connectivity index (χ2v) is 6.62. The number of ether oxygens (including phenoxy) is 1. The highest BCUT2D eigenvalue weighted by atomic mass is 16.6. The molecule has 0 radical (unpaired) electrons. The van der Waals surface area contributed by atoms with Gasteiger partial charge in [0.1, 0.15) is 5.60 Å². The predicted octanol–water partition coefficient (Wildman–Crippen LogP) is 2.57. The molecule has 0 atom stereocenters. The minimum atomic E-state index is -0.468. The second-order valence-electron chi connectivity index (χ2n) is 6.62. The number of nitrogens with zero attached hydrogens (tertiary/aromatic N) is 1. The van der Waals surface area contributed by atoms with Gasteiger partial charge in [-0.3, -0.25) is 4.99 Å². The number of hydrogen-bond acceptors (Lipinski definition) is 3. The SMILES string of the molecule is CN=C(NCCCNC(=O)OC(C)(C)C)NCc1ccc(C)cc1. The molecule has 0 unspecified atom stereocenters. The van der Waals surface area contributed by atoms with Crippen LogP contribution in [0.25, 0.3) is 0 Å². The third kappa shape index (κ3) is 9.02. The van der Waals surface area contributed by atoms with Crippen LogP contribution >= 0.6 is 0 Å². The van der Waals surface area contributed by atoms with Crippen LogP contribution in [0, 0.1) is 6.92 Å². The van der Waals surface area contributed by atoms with E-state index in [9.17, 15) is 4.79 Å². The molecule has 0 aromatic heterocycles.